The van der Waals surface area contributed by atoms with Crippen LogP contribution in [0.3, 0.4) is 0 Å². The minimum absolute atomic E-state index is 0.0418. The van der Waals surface area contributed by atoms with Crippen LogP contribution in [0.5, 0.6) is 0 Å². The topological polar surface area (TPSA) is 38.0 Å². The third-order valence-electron chi connectivity index (χ3n) is 1.88. The second kappa shape index (κ2) is 6.45. The summed E-state index contributed by atoms with van der Waals surface area (Å²) >= 11 is 0. The standard InChI is InChI=1S/C9H11F2N.CH5N/c1-6(12-2)7-3-4-8(10)9(11)5-7;1-2/h3-6,12H,1-2H3;2H2,1H3. The van der Waals surface area contributed by atoms with Crippen molar-refractivity contribution in [1.82, 2.24) is 5.32 Å². The number of halogens is 2. The molecular weight excluding hydrogens is 186 g/mol. The molecule has 14 heavy (non-hydrogen) atoms. The Kier molecular flexibility index (Phi) is 5.99. The number of benzene rings is 1. The van der Waals surface area contributed by atoms with Gasteiger partial charge < -0.3 is 11.1 Å². The van der Waals surface area contributed by atoms with Crippen LogP contribution >= 0.6 is 0 Å². The van der Waals surface area contributed by atoms with E-state index < -0.39 is 11.6 Å². The third kappa shape index (κ3) is 3.40. The number of hydrogen-bond acceptors (Lipinski definition) is 2. The first kappa shape index (κ1) is 13.0. The highest BCUT2D eigenvalue weighted by molar-refractivity contribution is 5.20. The van der Waals surface area contributed by atoms with Gasteiger partial charge in [0.25, 0.3) is 0 Å². The molecular formula is C10H16F2N2. The van der Waals surface area contributed by atoms with Gasteiger partial charge in [-0.25, -0.2) is 8.78 Å². The summed E-state index contributed by atoms with van der Waals surface area (Å²) in [5.41, 5.74) is 5.25. The van der Waals surface area contributed by atoms with Gasteiger partial charge in [-0.3, -0.25) is 0 Å². The SMILES string of the molecule is CN.CNC(C)c1ccc(F)c(F)c1. The quantitative estimate of drug-likeness (QED) is 0.767. The van der Waals surface area contributed by atoms with Gasteiger partial charge in [-0.1, -0.05) is 6.07 Å². The Labute approximate surface area is 83.1 Å². The van der Waals surface area contributed by atoms with Gasteiger partial charge in [0, 0.05) is 6.04 Å². The summed E-state index contributed by atoms with van der Waals surface area (Å²) in [7, 11) is 3.27. The molecule has 0 spiro atoms. The largest absolute Gasteiger partial charge is 0.333 e. The first-order valence-corrected chi connectivity index (χ1v) is 4.35. The lowest BCUT2D eigenvalue weighted by Crippen LogP contribution is -2.12. The van der Waals surface area contributed by atoms with E-state index in [1.165, 1.54) is 13.1 Å². The molecule has 1 aromatic rings. The molecule has 0 fully saturated rings. The maximum absolute atomic E-state index is 12.7. The second-order valence-electron chi connectivity index (χ2n) is 2.68. The minimum atomic E-state index is -0.804. The van der Waals surface area contributed by atoms with Crippen molar-refractivity contribution in [3.63, 3.8) is 0 Å². The summed E-state index contributed by atoms with van der Waals surface area (Å²) in [6.07, 6.45) is 0. The van der Waals surface area contributed by atoms with Crippen LogP contribution in [0.4, 0.5) is 8.78 Å². The van der Waals surface area contributed by atoms with Gasteiger partial charge in [-0.2, -0.15) is 0 Å². The first-order valence-electron chi connectivity index (χ1n) is 4.35. The van der Waals surface area contributed by atoms with Crippen LogP contribution in [0.25, 0.3) is 0 Å². The summed E-state index contributed by atoms with van der Waals surface area (Å²) in [4.78, 5) is 0. The highest BCUT2D eigenvalue weighted by Crippen LogP contribution is 2.14. The van der Waals surface area contributed by atoms with Gasteiger partial charge in [0.05, 0.1) is 0 Å². The van der Waals surface area contributed by atoms with E-state index in [2.05, 4.69) is 11.1 Å². The summed E-state index contributed by atoms with van der Waals surface area (Å²) in [5, 5.41) is 2.94. The van der Waals surface area contributed by atoms with Crippen molar-refractivity contribution in [2.75, 3.05) is 14.1 Å². The summed E-state index contributed by atoms with van der Waals surface area (Å²) in [6.45, 7) is 1.88. The molecule has 1 rings (SSSR count). The number of rotatable bonds is 2. The van der Waals surface area contributed by atoms with Gasteiger partial charge in [-0.05, 0) is 38.7 Å². The fourth-order valence-corrected chi connectivity index (χ4v) is 0.948. The smallest absolute Gasteiger partial charge is 0.159 e. The van der Waals surface area contributed by atoms with Crippen molar-refractivity contribution in [2.24, 2.45) is 5.73 Å². The molecule has 0 aromatic heterocycles. The Morgan fingerprint density at radius 2 is 1.79 bits per heavy atom. The first-order chi connectivity index (χ1) is 6.65. The van der Waals surface area contributed by atoms with Gasteiger partial charge >= 0.3 is 0 Å². The summed E-state index contributed by atoms with van der Waals surface area (Å²) < 4.78 is 25.1. The van der Waals surface area contributed by atoms with Crippen molar-refractivity contribution < 1.29 is 8.78 Å². The van der Waals surface area contributed by atoms with E-state index in [0.717, 1.165) is 11.6 Å². The zero-order valence-corrected chi connectivity index (χ0v) is 8.64. The molecule has 80 valence electrons. The fraction of sp³-hybridized carbons (Fsp3) is 0.400. The predicted octanol–water partition coefficient (Wildman–Crippen LogP) is 1.82. The van der Waals surface area contributed by atoms with E-state index in [4.69, 9.17) is 0 Å². The normalized spacial score (nSPS) is 11.6. The zero-order chi connectivity index (χ0) is 11.1. The number of nitrogens with one attached hydrogen (secondary N) is 1. The van der Waals surface area contributed by atoms with Crippen molar-refractivity contribution >= 4 is 0 Å². The van der Waals surface area contributed by atoms with E-state index in [9.17, 15) is 8.78 Å². The molecule has 3 N–H and O–H groups in total. The highest BCUT2D eigenvalue weighted by Gasteiger charge is 2.06. The monoisotopic (exact) mass is 202 g/mol. The van der Waals surface area contributed by atoms with Crippen LogP contribution in [0.2, 0.25) is 0 Å². The lowest BCUT2D eigenvalue weighted by atomic mass is 10.1. The van der Waals surface area contributed by atoms with Crippen LogP contribution in [0, 0.1) is 11.6 Å². The lowest BCUT2D eigenvalue weighted by molar-refractivity contribution is 0.504. The molecule has 2 nitrogen and oxygen atoms in total. The molecule has 0 radical (unpaired) electrons. The highest BCUT2D eigenvalue weighted by atomic mass is 19.2. The molecule has 0 aliphatic rings. The maximum atomic E-state index is 12.7. The Hall–Kier alpha value is -1.00. The van der Waals surface area contributed by atoms with Gasteiger partial charge in [-0.15, -0.1) is 0 Å². The molecule has 0 heterocycles. The van der Waals surface area contributed by atoms with Gasteiger partial charge in [0.1, 0.15) is 0 Å². The molecule has 0 saturated carbocycles. The fourth-order valence-electron chi connectivity index (χ4n) is 0.948. The molecule has 0 aliphatic carbocycles. The van der Waals surface area contributed by atoms with E-state index >= 15 is 0 Å². The Morgan fingerprint density at radius 3 is 2.21 bits per heavy atom. The van der Waals surface area contributed by atoms with E-state index in [0.29, 0.717) is 0 Å². The van der Waals surface area contributed by atoms with E-state index in [1.54, 1.807) is 13.1 Å². The summed E-state index contributed by atoms with van der Waals surface area (Å²) in [5.74, 6) is -1.60. The number of nitrogens with two attached hydrogens (primary N) is 1. The van der Waals surface area contributed by atoms with Crippen molar-refractivity contribution in [3.05, 3.63) is 35.4 Å². The molecule has 1 unspecified atom stereocenters. The molecule has 4 heteroatoms. The van der Waals surface area contributed by atoms with E-state index in [1.807, 2.05) is 6.92 Å². The second-order valence-corrected chi connectivity index (χ2v) is 2.68. The Morgan fingerprint density at radius 1 is 1.21 bits per heavy atom. The zero-order valence-electron chi connectivity index (χ0n) is 8.64. The molecule has 0 amide bonds. The third-order valence-corrected chi connectivity index (χ3v) is 1.88. The van der Waals surface area contributed by atoms with Crippen molar-refractivity contribution in [1.29, 1.82) is 0 Å². The molecule has 0 bridgehead atoms. The lowest BCUT2D eigenvalue weighted by Gasteiger charge is -2.09. The van der Waals surface area contributed by atoms with Crippen LogP contribution in [0.15, 0.2) is 18.2 Å². The van der Waals surface area contributed by atoms with Gasteiger partial charge in [0.15, 0.2) is 11.6 Å². The van der Waals surface area contributed by atoms with Crippen LogP contribution in [0.1, 0.15) is 18.5 Å². The average molecular weight is 202 g/mol. The predicted molar refractivity (Wildman–Crippen MR) is 53.9 cm³/mol. The minimum Gasteiger partial charge on any atom is -0.333 e. The molecule has 0 aliphatic heterocycles. The number of hydrogen-bond donors (Lipinski definition) is 2. The summed E-state index contributed by atoms with van der Waals surface area (Å²) in [6, 6.07) is 3.95. The average Bonchev–Trinajstić information content (AvgIpc) is 2.24. The Bertz CT molecular complexity index is 277. The van der Waals surface area contributed by atoms with Crippen LogP contribution < -0.4 is 11.1 Å². The van der Waals surface area contributed by atoms with Gasteiger partial charge in [0.2, 0.25) is 0 Å². The van der Waals surface area contributed by atoms with Crippen LogP contribution in [-0.2, 0) is 0 Å². The van der Waals surface area contributed by atoms with E-state index in [-0.39, 0.29) is 6.04 Å². The van der Waals surface area contributed by atoms with Crippen molar-refractivity contribution in [2.45, 2.75) is 13.0 Å². The Balaban J connectivity index is 0.000000791. The molecule has 1 atom stereocenters. The molecule has 0 saturated heterocycles. The van der Waals surface area contributed by atoms with Crippen LogP contribution in [-0.4, -0.2) is 14.1 Å². The van der Waals surface area contributed by atoms with Crippen molar-refractivity contribution in [3.8, 4) is 0 Å². The molecule has 1 aromatic carbocycles. The maximum Gasteiger partial charge on any atom is 0.159 e.